The smallest absolute Gasteiger partial charge is 0.295 e. The molecule has 0 radical (unpaired) electrons. The van der Waals surface area contributed by atoms with Crippen LogP contribution >= 0.6 is 0 Å². The summed E-state index contributed by atoms with van der Waals surface area (Å²) in [6.45, 7) is 0. The quantitative estimate of drug-likeness (QED) is 0.778. The van der Waals surface area contributed by atoms with Crippen LogP contribution in [-0.4, -0.2) is 20.9 Å². The number of carbonyl (C=O) groups is 1. The molecule has 1 amide bonds. The van der Waals surface area contributed by atoms with Crippen molar-refractivity contribution in [2.24, 2.45) is 0 Å². The lowest BCUT2D eigenvalue weighted by Crippen LogP contribution is -2.14. The highest BCUT2D eigenvalue weighted by Gasteiger charge is 2.13. The summed E-state index contributed by atoms with van der Waals surface area (Å²) in [6.07, 6.45) is 0.786. The minimum atomic E-state index is -2.66. The molecule has 1 aromatic carbocycles. The summed E-state index contributed by atoms with van der Waals surface area (Å²) in [4.78, 5) is 22.2. The van der Waals surface area contributed by atoms with E-state index in [1.165, 1.54) is 0 Å². The van der Waals surface area contributed by atoms with Crippen molar-refractivity contribution in [1.82, 2.24) is 15.0 Å². The maximum atomic E-state index is 12.6. The van der Waals surface area contributed by atoms with Crippen molar-refractivity contribution in [2.45, 2.75) is 12.8 Å². The van der Waals surface area contributed by atoms with Crippen LogP contribution in [0, 0.1) is 0 Å². The molecule has 0 saturated heterocycles. The predicted molar refractivity (Wildman–Crippen MR) is 77.6 cm³/mol. The number of hydrogen-bond donors (Lipinski definition) is 2. The normalized spacial score (nSPS) is 11.0. The molecule has 3 aromatic rings. The maximum Gasteiger partial charge on any atom is 0.295 e. The zero-order valence-electron chi connectivity index (χ0n) is 11.4. The molecule has 0 atom stereocenters. The fourth-order valence-corrected chi connectivity index (χ4v) is 2.10. The van der Waals surface area contributed by atoms with Gasteiger partial charge in [0.1, 0.15) is 0 Å². The number of halogens is 2. The van der Waals surface area contributed by atoms with Crippen molar-refractivity contribution in [3.8, 4) is 0 Å². The van der Waals surface area contributed by atoms with E-state index in [4.69, 9.17) is 0 Å². The van der Waals surface area contributed by atoms with Gasteiger partial charge in [-0.2, -0.15) is 0 Å². The Balaban J connectivity index is 1.74. The third kappa shape index (κ3) is 3.08. The van der Waals surface area contributed by atoms with Crippen molar-refractivity contribution in [3.63, 3.8) is 0 Å². The molecule has 7 heteroatoms. The number of pyridine rings is 1. The number of aromatic amines is 1. The number of aromatic nitrogens is 3. The minimum Gasteiger partial charge on any atom is -0.337 e. The third-order valence-electron chi connectivity index (χ3n) is 3.08. The SMILES string of the molecule is O=C(Cc1cccnc1)Nc1ccc2nc(C(F)F)[nH]c2c1. The van der Waals surface area contributed by atoms with Crippen LogP contribution in [0.1, 0.15) is 17.8 Å². The summed E-state index contributed by atoms with van der Waals surface area (Å²) in [6, 6.07) is 8.34. The van der Waals surface area contributed by atoms with Crippen LogP contribution in [0.3, 0.4) is 0 Å². The molecule has 0 unspecified atom stereocenters. The van der Waals surface area contributed by atoms with Crippen molar-refractivity contribution in [1.29, 1.82) is 0 Å². The zero-order chi connectivity index (χ0) is 15.5. The Morgan fingerprint density at radius 2 is 2.18 bits per heavy atom. The van der Waals surface area contributed by atoms with Crippen molar-refractivity contribution < 1.29 is 13.6 Å². The van der Waals surface area contributed by atoms with E-state index in [0.717, 1.165) is 5.56 Å². The number of hydrogen-bond acceptors (Lipinski definition) is 3. The summed E-state index contributed by atoms with van der Waals surface area (Å²) in [5, 5.41) is 2.72. The number of amides is 1. The van der Waals surface area contributed by atoms with Gasteiger partial charge in [-0.3, -0.25) is 9.78 Å². The van der Waals surface area contributed by atoms with Crippen LogP contribution in [0.25, 0.3) is 11.0 Å². The molecule has 0 aliphatic heterocycles. The molecule has 2 heterocycles. The molecule has 2 N–H and O–H groups in total. The second-order valence-electron chi connectivity index (χ2n) is 4.74. The lowest BCUT2D eigenvalue weighted by molar-refractivity contribution is -0.115. The molecule has 5 nitrogen and oxygen atoms in total. The molecule has 0 fully saturated rings. The fourth-order valence-electron chi connectivity index (χ4n) is 2.10. The molecule has 0 aliphatic rings. The van der Waals surface area contributed by atoms with Gasteiger partial charge >= 0.3 is 0 Å². The van der Waals surface area contributed by atoms with E-state index in [0.29, 0.717) is 16.7 Å². The first-order valence-corrected chi connectivity index (χ1v) is 6.58. The Kier molecular flexibility index (Phi) is 3.78. The lowest BCUT2D eigenvalue weighted by atomic mass is 10.2. The van der Waals surface area contributed by atoms with Gasteiger partial charge in [-0.25, -0.2) is 13.8 Å². The highest BCUT2D eigenvalue weighted by Crippen LogP contribution is 2.22. The Labute approximate surface area is 124 Å². The molecule has 112 valence electrons. The minimum absolute atomic E-state index is 0.192. The largest absolute Gasteiger partial charge is 0.337 e. The van der Waals surface area contributed by atoms with Crippen molar-refractivity contribution in [3.05, 3.63) is 54.1 Å². The highest BCUT2D eigenvalue weighted by molar-refractivity contribution is 5.94. The molecular formula is C15H12F2N4O. The summed E-state index contributed by atoms with van der Waals surface area (Å²) in [5.41, 5.74) is 2.20. The predicted octanol–water partition coefficient (Wildman–Crippen LogP) is 3.08. The van der Waals surface area contributed by atoms with E-state index in [-0.39, 0.29) is 18.2 Å². The van der Waals surface area contributed by atoms with E-state index in [1.54, 1.807) is 42.7 Å². The van der Waals surface area contributed by atoms with E-state index < -0.39 is 6.43 Å². The average Bonchev–Trinajstić information content (AvgIpc) is 2.91. The monoisotopic (exact) mass is 302 g/mol. The molecule has 0 aliphatic carbocycles. The van der Waals surface area contributed by atoms with Crippen LogP contribution < -0.4 is 5.32 Å². The molecule has 3 rings (SSSR count). The van der Waals surface area contributed by atoms with Crippen LogP contribution in [0.5, 0.6) is 0 Å². The van der Waals surface area contributed by atoms with Crippen LogP contribution in [0.2, 0.25) is 0 Å². The highest BCUT2D eigenvalue weighted by atomic mass is 19.3. The Bertz CT molecular complexity index is 802. The Morgan fingerprint density at radius 1 is 1.32 bits per heavy atom. The topological polar surface area (TPSA) is 70.7 Å². The molecule has 2 aromatic heterocycles. The van der Waals surface area contributed by atoms with Gasteiger partial charge in [-0.05, 0) is 29.8 Å². The number of rotatable bonds is 4. The number of anilines is 1. The van der Waals surface area contributed by atoms with Gasteiger partial charge in [-0.1, -0.05) is 6.07 Å². The van der Waals surface area contributed by atoms with E-state index in [9.17, 15) is 13.6 Å². The Morgan fingerprint density at radius 3 is 2.91 bits per heavy atom. The molecule has 0 spiro atoms. The average molecular weight is 302 g/mol. The van der Waals surface area contributed by atoms with Gasteiger partial charge in [-0.15, -0.1) is 0 Å². The number of benzene rings is 1. The van der Waals surface area contributed by atoms with Crippen molar-refractivity contribution in [2.75, 3.05) is 5.32 Å². The number of H-pyrrole nitrogens is 1. The maximum absolute atomic E-state index is 12.6. The zero-order valence-corrected chi connectivity index (χ0v) is 11.4. The molecule has 0 saturated carbocycles. The number of carbonyl (C=O) groups excluding carboxylic acids is 1. The molecule has 22 heavy (non-hydrogen) atoms. The van der Waals surface area contributed by atoms with Crippen LogP contribution in [0.15, 0.2) is 42.7 Å². The van der Waals surface area contributed by atoms with Crippen molar-refractivity contribution >= 4 is 22.6 Å². The van der Waals surface area contributed by atoms with Gasteiger partial charge in [0.25, 0.3) is 6.43 Å². The van der Waals surface area contributed by atoms with Crippen LogP contribution in [-0.2, 0) is 11.2 Å². The standard InChI is InChI=1S/C15H12F2N4O/c16-14(17)15-20-11-4-3-10(7-12(11)21-15)19-13(22)6-9-2-1-5-18-8-9/h1-5,7-8,14H,6H2,(H,19,22)(H,20,21). The van der Waals surface area contributed by atoms with Gasteiger partial charge < -0.3 is 10.3 Å². The molecular weight excluding hydrogens is 290 g/mol. The summed E-state index contributed by atoms with van der Waals surface area (Å²) in [5.74, 6) is -0.588. The van der Waals surface area contributed by atoms with E-state index in [2.05, 4.69) is 20.3 Å². The second kappa shape index (κ2) is 5.88. The molecule has 0 bridgehead atoms. The first-order chi connectivity index (χ1) is 10.6. The number of nitrogens with one attached hydrogen (secondary N) is 2. The number of fused-ring (bicyclic) bond motifs is 1. The number of alkyl halides is 2. The summed E-state index contributed by atoms with van der Waals surface area (Å²) < 4.78 is 25.2. The summed E-state index contributed by atoms with van der Waals surface area (Å²) in [7, 11) is 0. The van der Waals surface area contributed by atoms with Crippen LogP contribution in [0.4, 0.5) is 14.5 Å². The van der Waals surface area contributed by atoms with E-state index in [1.807, 2.05) is 0 Å². The van der Waals surface area contributed by atoms with Gasteiger partial charge in [0.2, 0.25) is 5.91 Å². The Hall–Kier alpha value is -2.83. The van der Waals surface area contributed by atoms with Gasteiger partial charge in [0.15, 0.2) is 5.82 Å². The fraction of sp³-hybridized carbons (Fsp3) is 0.133. The van der Waals surface area contributed by atoms with Gasteiger partial charge in [0.05, 0.1) is 17.5 Å². The third-order valence-corrected chi connectivity index (χ3v) is 3.08. The number of imidazole rings is 1. The summed E-state index contributed by atoms with van der Waals surface area (Å²) >= 11 is 0. The van der Waals surface area contributed by atoms with E-state index >= 15 is 0 Å². The lowest BCUT2D eigenvalue weighted by Gasteiger charge is -2.05. The van der Waals surface area contributed by atoms with Gasteiger partial charge in [0, 0.05) is 18.1 Å². The first kappa shape index (κ1) is 14.1. The second-order valence-corrected chi connectivity index (χ2v) is 4.74. The number of nitrogens with zero attached hydrogens (tertiary/aromatic N) is 2. The first-order valence-electron chi connectivity index (χ1n) is 6.58.